The van der Waals surface area contributed by atoms with Crippen molar-refractivity contribution in [1.82, 2.24) is 10.6 Å². The first-order chi connectivity index (χ1) is 9.40. The maximum absolute atomic E-state index is 12.9. The molecule has 2 unspecified atom stereocenters. The Morgan fingerprint density at radius 3 is 2.65 bits per heavy atom. The van der Waals surface area contributed by atoms with Crippen molar-refractivity contribution in [2.24, 2.45) is 5.92 Å². The van der Waals surface area contributed by atoms with E-state index in [2.05, 4.69) is 10.6 Å². The van der Waals surface area contributed by atoms with Crippen molar-refractivity contribution >= 4 is 12.0 Å². The third-order valence-electron chi connectivity index (χ3n) is 3.09. The number of halogens is 1. The summed E-state index contributed by atoms with van der Waals surface area (Å²) in [5, 5.41) is 14.0. The van der Waals surface area contributed by atoms with Crippen LogP contribution in [-0.2, 0) is 11.2 Å². The zero-order valence-corrected chi connectivity index (χ0v) is 11.5. The molecule has 110 valence electrons. The number of carboxylic acids is 1. The molecule has 0 aliphatic carbocycles. The molecule has 1 aromatic carbocycles. The van der Waals surface area contributed by atoms with Crippen LogP contribution in [0.2, 0.25) is 0 Å². The zero-order valence-electron chi connectivity index (χ0n) is 11.5. The fourth-order valence-electron chi connectivity index (χ4n) is 1.61. The molecule has 2 atom stereocenters. The summed E-state index contributed by atoms with van der Waals surface area (Å²) in [6.45, 7) is 3.51. The van der Waals surface area contributed by atoms with Gasteiger partial charge in [0.2, 0.25) is 0 Å². The average molecular weight is 282 g/mol. The van der Waals surface area contributed by atoms with Gasteiger partial charge in [-0.1, -0.05) is 12.1 Å². The van der Waals surface area contributed by atoms with Crippen molar-refractivity contribution in [3.8, 4) is 0 Å². The smallest absolute Gasteiger partial charge is 0.315 e. The number of rotatable bonds is 6. The van der Waals surface area contributed by atoms with E-state index in [-0.39, 0.29) is 5.82 Å². The van der Waals surface area contributed by atoms with Gasteiger partial charge in [-0.15, -0.1) is 0 Å². The monoisotopic (exact) mass is 282 g/mol. The number of aliphatic carboxylic acids is 1. The summed E-state index contributed by atoms with van der Waals surface area (Å²) in [5.41, 5.74) is 0.789. The predicted molar refractivity (Wildman–Crippen MR) is 72.9 cm³/mol. The number of benzene rings is 1. The minimum atomic E-state index is -0.961. The second kappa shape index (κ2) is 7.47. The van der Waals surface area contributed by atoms with Crippen LogP contribution in [0.15, 0.2) is 24.3 Å². The number of carbonyl (C=O) groups excluding carboxylic acids is 1. The molecule has 0 fully saturated rings. The number of hydrogen-bond acceptors (Lipinski definition) is 2. The predicted octanol–water partition coefficient (Wildman–Crippen LogP) is 1.78. The third kappa shape index (κ3) is 5.26. The molecule has 0 saturated carbocycles. The Balaban J connectivity index is 2.32. The van der Waals surface area contributed by atoms with Crippen LogP contribution in [0.5, 0.6) is 0 Å². The van der Waals surface area contributed by atoms with Gasteiger partial charge in [0.15, 0.2) is 0 Å². The van der Waals surface area contributed by atoms with E-state index in [0.717, 1.165) is 5.56 Å². The van der Waals surface area contributed by atoms with Gasteiger partial charge in [0.05, 0.1) is 5.92 Å². The number of urea groups is 1. The molecular weight excluding hydrogens is 263 g/mol. The van der Waals surface area contributed by atoms with E-state index in [1.54, 1.807) is 19.1 Å². The van der Waals surface area contributed by atoms with Crippen LogP contribution in [0.3, 0.4) is 0 Å². The fourth-order valence-corrected chi connectivity index (χ4v) is 1.61. The van der Waals surface area contributed by atoms with Gasteiger partial charge in [-0.2, -0.15) is 0 Å². The summed E-state index contributed by atoms with van der Waals surface area (Å²) in [7, 11) is 0. The lowest BCUT2D eigenvalue weighted by Gasteiger charge is -2.18. The van der Waals surface area contributed by atoms with Gasteiger partial charge in [0.25, 0.3) is 0 Å². The summed E-state index contributed by atoms with van der Waals surface area (Å²) in [5.74, 6) is -1.93. The molecular formula is C14H19FN2O3. The topological polar surface area (TPSA) is 78.4 Å². The Morgan fingerprint density at radius 1 is 1.35 bits per heavy atom. The molecule has 0 aliphatic rings. The molecule has 0 aromatic heterocycles. The van der Waals surface area contributed by atoms with Gasteiger partial charge in [0.1, 0.15) is 5.82 Å². The average Bonchev–Trinajstić information content (AvgIpc) is 2.37. The number of carbonyl (C=O) groups is 2. The van der Waals surface area contributed by atoms with Crippen molar-refractivity contribution in [2.45, 2.75) is 26.3 Å². The van der Waals surface area contributed by atoms with Crippen molar-refractivity contribution < 1.29 is 19.1 Å². The van der Waals surface area contributed by atoms with Gasteiger partial charge in [-0.3, -0.25) is 4.79 Å². The zero-order chi connectivity index (χ0) is 15.1. The highest BCUT2D eigenvalue weighted by atomic mass is 19.1. The first-order valence-corrected chi connectivity index (χ1v) is 6.41. The van der Waals surface area contributed by atoms with Gasteiger partial charge in [-0.25, -0.2) is 9.18 Å². The summed E-state index contributed by atoms with van der Waals surface area (Å²) in [6, 6.07) is 5.26. The van der Waals surface area contributed by atoms with Crippen LogP contribution < -0.4 is 10.6 Å². The van der Waals surface area contributed by atoms with Crippen LogP contribution in [0.25, 0.3) is 0 Å². The Kier molecular flexibility index (Phi) is 5.96. The summed E-state index contributed by atoms with van der Waals surface area (Å²) < 4.78 is 12.9. The van der Waals surface area contributed by atoms with Crippen LogP contribution in [0.1, 0.15) is 19.4 Å². The van der Waals surface area contributed by atoms with Crippen LogP contribution >= 0.6 is 0 Å². The maximum Gasteiger partial charge on any atom is 0.315 e. The second-order valence-corrected chi connectivity index (χ2v) is 4.70. The molecule has 3 N–H and O–H groups in total. The fraction of sp³-hybridized carbons (Fsp3) is 0.429. The quantitative estimate of drug-likeness (QED) is 0.744. The highest BCUT2D eigenvalue weighted by molar-refractivity contribution is 5.76. The maximum atomic E-state index is 12.9. The molecule has 0 bridgehead atoms. The Morgan fingerprint density at radius 2 is 2.05 bits per heavy atom. The van der Waals surface area contributed by atoms with Crippen LogP contribution in [0.4, 0.5) is 9.18 Å². The minimum Gasteiger partial charge on any atom is -0.481 e. The summed E-state index contributed by atoms with van der Waals surface area (Å²) in [6.07, 6.45) is 0.508. The number of carboxylic acid groups (broad SMARTS) is 1. The van der Waals surface area contributed by atoms with E-state index in [1.165, 1.54) is 19.1 Å². The van der Waals surface area contributed by atoms with Crippen LogP contribution in [-0.4, -0.2) is 29.7 Å². The van der Waals surface area contributed by atoms with Gasteiger partial charge in [0, 0.05) is 12.6 Å². The van der Waals surface area contributed by atoms with Gasteiger partial charge >= 0.3 is 12.0 Å². The number of nitrogens with one attached hydrogen (secondary N) is 2. The summed E-state index contributed by atoms with van der Waals surface area (Å²) >= 11 is 0. The Labute approximate surface area is 117 Å². The molecule has 0 saturated heterocycles. The minimum absolute atomic E-state index is 0.309. The van der Waals surface area contributed by atoms with E-state index in [9.17, 15) is 14.0 Å². The van der Waals surface area contributed by atoms with Crippen molar-refractivity contribution in [3.05, 3.63) is 35.6 Å². The second-order valence-electron chi connectivity index (χ2n) is 4.70. The van der Waals surface area contributed by atoms with E-state index < -0.39 is 24.0 Å². The Bertz CT molecular complexity index is 479. The highest BCUT2D eigenvalue weighted by Crippen LogP contribution is 2.04. The lowest BCUT2D eigenvalue weighted by molar-refractivity contribution is -0.141. The van der Waals surface area contributed by atoms with Gasteiger partial charge < -0.3 is 15.7 Å². The molecule has 1 rings (SSSR count). The molecule has 0 radical (unpaired) electrons. The van der Waals surface area contributed by atoms with E-state index in [0.29, 0.717) is 13.0 Å². The van der Waals surface area contributed by atoms with Crippen molar-refractivity contribution in [1.29, 1.82) is 0 Å². The SMILES string of the molecule is CC(NC(=O)NCCc1cccc(F)c1)C(C)C(=O)O. The van der Waals surface area contributed by atoms with E-state index in [4.69, 9.17) is 5.11 Å². The normalized spacial score (nSPS) is 13.3. The molecule has 0 aliphatic heterocycles. The van der Waals surface area contributed by atoms with Crippen LogP contribution in [0, 0.1) is 11.7 Å². The van der Waals surface area contributed by atoms with Crippen molar-refractivity contribution in [3.63, 3.8) is 0 Å². The largest absolute Gasteiger partial charge is 0.481 e. The molecule has 2 amide bonds. The molecule has 0 spiro atoms. The van der Waals surface area contributed by atoms with E-state index in [1.807, 2.05) is 0 Å². The summed E-state index contributed by atoms with van der Waals surface area (Å²) in [4.78, 5) is 22.3. The molecule has 1 aromatic rings. The molecule has 5 nitrogen and oxygen atoms in total. The first kappa shape index (κ1) is 15.9. The molecule has 0 heterocycles. The Hall–Kier alpha value is -2.11. The lowest BCUT2D eigenvalue weighted by Crippen LogP contribution is -2.45. The lowest BCUT2D eigenvalue weighted by atomic mass is 10.0. The number of hydrogen-bond donors (Lipinski definition) is 3. The van der Waals surface area contributed by atoms with E-state index >= 15 is 0 Å². The van der Waals surface area contributed by atoms with Gasteiger partial charge in [-0.05, 0) is 38.0 Å². The van der Waals surface area contributed by atoms with Crippen molar-refractivity contribution in [2.75, 3.05) is 6.54 Å². The highest BCUT2D eigenvalue weighted by Gasteiger charge is 2.20. The standard InChI is InChI=1S/C14H19FN2O3/c1-9(13(18)19)10(2)17-14(20)16-7-6-11-4-3-5-12(15)8-11/h3-5,8-10H,6-7H2,1-2H3,(H,18,19)(H2,16,17,20). The number of amides is 2. The molecule has 6 heteroatoms. The third-order valence-corrected chi connectivity index (χ3v) is 3.09. The first-order valence-electron chi connectivity index (χ1n) is 6.41. The molecule has 20 heavy (non-hydrogen) atoms.